The van der Waals surface area contributed by atoms with Crippen LogP contribution in [0.15, 0.2) is 17.0 Å². The van der Waals surface area contributed by atoms with Gasteiger partial charge < -0.3 is 14.9 Å². The van der Waals surface area contributed by atoms with Crippen molar-refractivity contribution in [2.75, 3.05) is 5.32 Å². The quantitative estimate of drug-likeness (QED) is 0.874. The van der Waals surface area contributed by atoms with E-state index in [-0.39, 0.29) is 12.1 Å². The summed E-state index contributed by atoms with van der Waals surface area (Å²) in [6, 6.07) is 1.72. The summed E-state index contributed by atoms with van der Waals surface area (Å²) < 4.78 is 4.63. The second-order valence-electron chi connectivity index (χ2n) is 4.70. The third-order valence-corrected chi connectivity index (χ3v) is 3.35. The minimum atomic E-state index is -0.985. The lowest BCUT2D eigenvalue weighted by Gasteiger charge is -2.17. The maximum Gasteiger partial charge on any atom is 0.339 e. The maximum absolute atomic E-state index is 11.3. The van der Waals surface area contributed by atoms with Gasteiger partial charge in [-0.2, -0.15) is 4.98 Å². The standard InChI is InChI=1S/C13H14N4O3/c18-13(19)9-5-8-3-1-2-4-10(8)16-12(9)14-6-11-15-7-20-17-11/h5,7H,1-4,6H2,(H,14,16)(H,18,19). The number of hydrogen-bond donors (Lipinski definition) is 2. The Hall–Kier alpha value is -2.44. The Kier molecular flexibility index (Phi) is 3.32. The molecule has 0 aliphatic heterocycles. The molecule has 2 aromatic rings. The monoisotopic (exact) mass is 274 g/mol. The van der Waals surface area contributed by atoms with Crippen molar-refractivity contribution >= 4 is 11.8 Å². The Bertz CT molecular complexity index is 625. The molecule has 0 saturated carbocycles. The van der Waals surface area contributed by atoms with E-state index in [0.29, 0.717) is 11.6 Å². The number of aromatic nitrogens is 3. The average Bonchev–Trinajstić information content (AvgIpc) is 2.97. The number of carbonyl (C=O) groups is 1. The van der Waals surface area contributed by atoms with Gasteiger partial charge in [0.05, 0.1) is 6.54 Å². The van der Waals surface area contributed by atoms with Crippen LogP contribution >= 0.6 is 0 Å². The van der Waals surface area contributed by atoms with Crippen molar-refractivity contribution in [1.29, 1.82) is 0 Å². The third-order valence-electron chi connectivity index (χ3n) is 3.35. The lowest BCUT2D eigenvalue weighted by molar-refractivity contribution is 0.0697. The molecule has 3 rings (SSSR count). The van der Waals surface area contributed by atoms with Crippen LogP contribution in [-0.2, 0) is 19.4 Å². The number of anilines is 1. The van der Waals surface area contributed by atoms with Gasteiger partial charge in [-0.25, -0.2) is 9.78 Å². The van der Waals surface area contributed by atoms with Crippen molar-refractivity contribution in [2.24, 2.45) is 0 Å². The van der Waals surface area contributed by atoms with Crippen LogP contribution in [0.4, 0.5) is 5.82 Å². The van der Waals surface area contributed by atoms with Crippen molar-refractivity contribution in [2.45, 2.75) is 32.2 Å². The molecule has 0 atom stereocenters. The predicted molar refractivity (Wildman–Crippen MR) is 69.5 cm³/mol. The first kappa shape index (κ1) is 12.6. The molecule has 0 spiro atoms. The summed E-state index contributed by atoms with van der Waals surface area (Å²) >= 11 is 0. The number of aromatic carboxylic acids is 1. The molecular formula is C13H14N4O3. The normalized spacial score (nSPS) is 13.8. The van der Waals surface area contributed by atoms with Gasteiger partial charge in [0.15, 0.2) is 5.82 Å². The largest absolute Gasteiger partial charge is 0.478 e. The van der Waals surface area contributed by atoms with Crippen LogP contribution in [0.1, 0.15) is 40.3 Å². The second-order valence-corrected chi connectivity index (χ2v) is 4.70. The van der Waals surface area contributed by atoms with Crippen LogP contribution in [-0.4, -0.2) is 26.2 Å². The summed E-state index contributed by atoms with van der Waals surface area (Å²) in [6.45, 7) is 0.280. The third kappa shape index (κ3) is 2.47. The molecule has 20 heavy (non-hydrogen) atoms. The van der Waals surface area contributed by atoms with E-state index in [9.17, 15) is 9.90 Å². The van der Waals surface area contributed by atoms with Crippen molar-refractivity contribution in [3.63, 3.8) is 0 Å². The first-order valence-electron chi connectivity index (χ1n) is 6.49. The Morgan fingerprint density at radius 3 is 3.00 bits per heavy atom. The zero-order valence-corrected chi connectivity index (χ0v) is 10.8. The van der Waals surface area contributed by atoms with Gasteiger partial charge in [0.1, 0.15) is 11.4 Å². The van der Waals surface area contributed by atoms with Gasteiger partial charge in [-0.15, -0.1) is 0 Å². The van der Waals surface area contributed by atoms with Gasteiger partial charge in [-0.1, -0.05) is 5.16 Å². The van der Waals surface area contributed by atoms with Crippen molar-refractivity contribution in [3.05, 3.63) is 35.1 Å². The van der Waals surface area contributed by atoms with E-state index in [2.05, 4.69) is 25.0 Å². The molecule has 0 radical (unpaired) electrons. The highest BCUT2D eigenvalue weighted by molar-refractivity contribution is 5.93. The van der Waals surface area contributed by atoms with Gasteiger partial charge in [-0.3, -0.25) is 0 Å². The van der Waals surface area contributed by atoms with Gasteiger partial charge in [0, 0.05) is 5.69 Å². The fourth-order valence-corrected chi connectivity index (χ4v) is 2.36. The average molecular weight is 274 g/mol. The molecule has 1 aliphatic rings. The zero-order chi connectivity index (χ0) is 13.9. The van der Waals surface area contributed by atoms with Crippen molar-refractivity contribution in [1.82, 2.24) is 15.1 Å². The molecule has 1 aliphatic carbocycles. The minimum Gasteiger partial charge on any atom is -0.478 e. The summed E-state index contributed by atoms with van der Waals surface area (Å²) in [5, 5.41) is 15.9. The number of aryl methyl sites for hydroxylation is 2. The Morgan fingerprint density at radius 2 is 2.25 bits per heavy atom. The number of rotatable bonds is 4. The highest BCUT2D eigenvalue weighted by Gasteiger charge is 2.19. The number of carboxylic acid groups (broad SMARTS) is 1. The molecule has 7 heteroatoms. The first-order chi connectivity index (χ1) is 9.74. The Labute approximate surface area is 115 Å². The van der Waals surface area contributed by atoms with E-state index in [1.807, 2.05) is 0 Å². The highest BCUT2D eigenvalue weighted by atomic mass is 16.5. The Balaban J connectivity index is 1.89. The van der Waals surface area contributed by atoms with E-state index >= 15 is 0 Å². The van der Waals surface area contributed by atoms with Gasteiger partial charge in [-0.05, 0) is 37.3 Å². The molecule has 0 saturated heterocycles. The molecule has 7 nitrogen and oxygen atoms in total. The van der Waals surface area contributed by atoms with Gasteiger partial charge in [0.25, 0.3) is 0 Å². The van der Waals surface area contributed by atoms with Gasteiger partial charge in [0.2, 0.25) is 6.39 Å². The number of nitrogens with zero attached hydrogens (tertiary/aromatic N) is 3. The summed E-state index contributed by atoms with van der Waals surface area (Å²) in [7, 11) is 0. The highest BCUT2D eigenvalue weighted by Crippen LogP contribution is 2.25. The number of nitrogens with one attached hydrogen (secondary N) is 1. The van der Waals surface area contributed by atoms with Gasteiger partial charge >= 0.3 is 5.97 Å². The van der Waals surface area contributed by atoms with Crippen LogP contribution in [0.5, 0.6) is 0 Å². The number of carboxylic acids is 1. The van der Waals surface area contributed by atoms with Crippen LogP contribution in [0.2, 0.25) is 0 Å². The lowest BCUT2D eigenvalue weighted by Crippen LogP contribution is -2.14. The number of pyridine rings is 1. The number of hydrogen-bond acceptors (Lipinski definition) is 6. The zero-order valence-electron chi connectivity index (χ0n) is 10.8. The van der Waals surface area contributed by atoms with Crippen LogP contribution in [0.3, 0.4) is 0 Å². The molecule has 0 amide bonds. The topological polar surface area (TPSA) is 101 Å². The lowest BCUT2D eigenvalue weighted by atomic mass is 9.95. The van der Waals surface area contributed by atoms with E-state index in [4.69, 9.17) is 0 Å². The summed E-state index contributed by atoms with van der Waals surface area (Å²) in [5.74, 6) is -0.162. The second kappa shape index (κ2) is 5.28. The SMILES string of the molecule is O=C(O)c1cc2c(nc1NCc1ncon1)CCCC2. The van der Waals surface area contributed by atoms with Crippen molar-refractivity contribution in [3.8, 4) is 0 Å². The maximum atomic E-state index is 11.3. The summed E-state index contributed by atoms with van der Waals surface area (Å²) in [4.78, 5) is 19.7. The molecule has 0 unspecified atom stereocenters. The van der Waals surface area contributed by atoms with E-state index in [1.165, 1.54) is 6.39 Å². The smallest absolute Gasteiger partial charge is 0.339 e. The number of fused-ring (bicyclic) bond motifs is 1. The molecule has 0 bridgehead atoms. The van der Waals surface area contributed by atoms with Crippen LogP contribution in [0.25, 0.3) is 0 Å². The van der Waals surface area contributed by atoms with E-state index in [0.717, 1.165) is 36.9 Å². The molecule has 0 fully saturated rings. The fraction of sp³-hybridized carbons (Fsp3) is 0.385. The molecule has 2 heterocycles. The van der Waals surface area contributed by atoms with Crippen LogP contribution < -0.4 is 5.32 Å². The van der Waals surface area contributed by atoms with E-state index in [1.54, 1.807) is 6.07 Å². The fourth-order valence-electron chi connectivity index (χ4n) is 2.36. The Morgan fingerprint density at radius 1 is 1.40 bits per heavy atom. The predicted octanol–water partition coefficient (Wildman–Crippen LogP) is 1.65. The minimum absolute atomic E-state index is 0.189. The molecule has 0 aromatic carbocycles. The van der Waals surface area contributed by atoms with Crippen molar-refractivity contribution < 1.29 is 14.4 Å². The molecular weight excluding hydrogens is 260 g/mol. The van der Waals surface area contributed by atoms with E-state index < -0.39 is 5.97 Å². The summed E-state index contributed by atoms with van der Waals surface area (Å²) in [5.41, 5.74) is 2.21. The molecule has 104 valence electrons. The molecule has 2 aromatic heterocycles. The molecule has 2 N–H and O–H groups in total. The summed E-state index contributed by atoms with van der Waals surface area (Å²) in [6.07, 6.45) is 5.20. The first-order valence-corrected chi connectivity index (χ1v) is 6.49. The van der Waals surface area contributed by atoms with Crippen LogP contribution in [0, 0.1) is 0 Å².